The van der Waals surface area contributed by atoms with Crippen LogP contribution in [0.2, 0.25) is 0 Å². The normalized spacial score (nSPS) is 12.3. The molecule has 1 aromatic carbocycles. The molecule has 0 spiro atoms. The van der Waals surface area contributed by atoms with E-state index in [1.165, 1.54) is 0 Å². The molecule has 1 unspecified atom stereocenters. The van der Waals surface area contributed by atoms with Gasteiger partial charge in [0.1, 0.15) is 0 Å². The molecule has 0 aliphatic heterocycles. The minimum absolute atomic E-state index is 0.406. The molecule has 3 heteroatoms. The summed E-state index contributed by atoms with van der Waals surface area (Å²) in [5.74, 6) is -1.19. The first kappa shape index (κ1) is 14.6. The lowest BCUT2D eigenvalue weighted by Gasteiger charge is -2.14. The van der Waals surface area contributed by atoms with Crippen molar-refractivity contribution in [1.29, 1.82) is 0 Å². The number of carboxylic acids is 1. The van der Waals surface area contributed by atoms with E-state index in [2.05, 4.69) is 28.2 Å². The van der Waals surface area contributed by atoms with Gasteiger partial charge in [-0.15, -0.1) is 0 Å². The largest absolute Gasteiger partial charge is 0.481 e. The first-order chi connectivity index (χ1) is 7.22. The summed E-state index contributed by atoms with van der Waals surface area (Å²) < 4.78 is 1.00. The predicted molar refractivity (Wildman–Crippen MR) is 66.4 cm³/mol. The number of aliphatic carboxylic acids is 1. The second-order valence-electron chi connectivity index (χ2n) is 5.15. The summed E-state index contributed by atoms with van der Waals surface area (Å²) in [6.07, 6.45) is 0. The zero-order valence-electron chi connectivity index (χ0n) is 10.8. The van der Waals surface area contributed by atoms with Crippen LogP contribution in [0.3, 0.4) is 0 Å². The molecule has 1 atom stereocenters. The lowest BCUT2D eigenvalue weighted by molar-refractivity contribution is -0.849. The molecule has 0 saturated carbocycles. The summed E-state index contributed by atoms with van der Waals surface area (Å²) >= 11 is 0. The van der Waals surface area contributed by atoms with Gasteiger partial charge in [0.05, 0.1) is 34.1 Å². The van der Waals surface area contributed by atoms with Crippen LogP contribution in [-0.2, 0) is 4.79 Å². The van der Waals surface area contributed by atoms with Crippen LogP contribution in [0.25, 0.3) is 0 Å². The van der Waals surface area contributed by atoms with Gasteiger partial charge in [0.2, 0.25) is 0 Å². The molecule has 0 saturated heterocycles. The molecule has 16 heavy (non-hydrogen) atoms. The predicted octanol–water partition coefficient (Wildman–Crippen LogP) is 2.20. The van der Waals surface area contributed by atoms with E-state index < -0.39 is 11.9 Å². The average molecular weight is 224 g/mol. The molecule has 1 N–H and O–H groups in total. The van der Waals surface area contributed by atoms with E-state index in [1.54, 1.807) is 6.92 Å². The summed E-state index contributed by atoms with van der Waals surface area (Å²) in [6, 6.07) is 9.19. The Bertz CT molecular complexity index is 308. The highest BCUT2D eigenvalue weighted by atomic mass is 16.4. The van der Waals surface area contributed by atoms with Crippen LogP contribution in [0.4, 0.5) is 0 Å². The molecule has 0 aliphatic rings. The minimum atomic E-state index is -0.781. The lowest BCUT2D eigenvalue weighted by Crippen LogP contribution is -2.27. The maximum Gasteiger partial charge on any atom is 0.310 e. The van der Waals surface area contributed by atoms with Crippen molar-refractivity contribution in [2.24, 2.45) is 0 Å². The lowest BCUT2D eigenvalue weighted by atomic mass is 10.0. The van der Waals surface area contributed by atoms with E-state index in [9.17, 15) is 4.79 Å². The fourth-order valence-electron chi connectivity index (χ4n) is 0.884. The maximum atomic E-state index is 10.5. The number of hydrogen-bond acceptors (Lipinski definition) is 1. The molecule has 0 amide bonds. The monoisotopic (exact) mass is 224 g/mol. The number of carboxylic acid groups (broad SMARTS) is 1. The van der Waals surface area contributed by atoms with Crippen molar-refractivity contribution < 1.29 is 14.4 Å². The van der Waals surface area contributed by atoms with Gasteiger partial charge in [0.15, 0.2) is 0 Å². The number of carbonyl (C=O) groups is 1. The second-order valence-corrected chi connectivity index (χ2v) is 5.15. The van der Waals surface area contributed by atoms with Crippen molar-refractivity contribution in [3.05, 3.63) is 35.9 Å². The molecule has 0 heterocycles. The van der Waals surface area contributed by atoms with Gasteiger partial charge in [0, 0.05) is 0 Å². The molecular formula is C13H22NO2+. The Balaban J connectivity index is 0.000000385. The zero-order valence-corrected chi connectivity index (χ0v) is 10.8. The van der Waals surface area contributed by atoms with Gasteiger partial charge >= 0.3 is 5.97 Å². The van der Waals surface area contributed by atoms with Crippen LogP contribution in [0, 0.1) is 0 Å². The van der Waals surface area contributed by atoms with Crippen LogP contribution in [-0.4, -0.2) is 43.7 Å². The highest BCUT2D eigenvalue weighted by Gasteiger charge is 2.11. The summed E-state index contributed by atoms with van der Waals surface area (Å²) in [5.41, 5.74) is 0.847. The van der Waals surface area contributed by atoms with Gasteiger partial charge in [-0.3, -0.25) is 4.79 Å². The van der Waals surface area contributed by atoms with E-state index in [4.69, 9.17) is 5.11 Å². The Hall–Kier alpha value is -1.35. The quantitative estimate of drug-likeness (QED) is 0.782. The molecule has 3 nitrogen and oxygen atoms in total. The van der Waals surface area contributed by atoms with Crippen LogP contribution in [0.15, 0.2) is 30.3 Å². The SMILES string of the molecule is CC(C(=O)O)c1ccccc1.C[N+](C)(C)C. The standard InChI is InChI=1S/C9H10O2.C4H12N/c1-7(9(10)11)8-5-3-2-4-6-8;1-5(2,3)4/h2-7H,1H3,(H,10,11);1-4H3/q;+1. The Labute approximate surface area is 97.9 Å². The van der Waals surface area contributed by atoms with Gasteiger partial charge in [-0.2, -0.15) is 0 Å². The molecule has 0 bridgehead atoms. The topological polar surface area (TPSA) is 37.3 Å². The molecule has 0 fully saturated rings. The number of quaternary nitrogens is 1. The Morgan fingerprint density at radius 3 is 1.81 bits per heavy atom. The Morgan fingerprint density at radius 2 is 1.50 bits per heavy atom. The highest BCUT2D eigenvalue weighted by molar-refractivity contribution is 5.75. The molecule has 0 aromatic heterocycles. The summed E-state index contributed by atoms with van der Waals surface area (Å²) in [7, 11) is 8.50. The smallest absolute Gasteiger partial charge is 0.310 e. The molecular weight excluding hydrogens is 202 g/mol. The summed E-state index contributed by atoms with van der Waals surface area (Å²) in [4.78, 5) is 10.5. The number of hydrogen-bond donors (Lipinski definition) is 1. The van der Waals surface area contributed by atoms with E-state index in [-0.39, 0.29) is 0 Å². The molecule has 1 aromatic rings. The van der Waals surface area contributed by atoms with Crippen molar-refractivity contribution in [3.8, 4) is 0 Å². The molecule has 1 rings (SSSR count). The van der Waals surface area contributed by atoms with Crippen LogP contribution in [0.1, 0.15) is 18.4 Å². The van der Waals surface area contributed by atoms with Crippen LogP contribution < -0.4 is 0 Å². The van der Waals surface area contributed by atoms with Gasteiger partial charge < -0.3 is 9.59 Å². The van der Waals surface area contributed by atoms with Crippen molar-refractivity contribution in [2.45, 2.75) is 12.8 Å². The number of benzene rings is 1. The van der Waals surface area contributed by atoms with Crippen LogP contribution >= 0.6 is 0 Å². The van der Waals surface area contributed by atoms with Crippen molar-refractivity contribution in [1.82, 2.24) is 0 Å². The van der Waals surface area contributed by atoms with E-state index in [0.717, 1.165) is 10.0 Å². The fraction of sp³-hybridized carbons (Fsp3) is 0.462. The third-order valence-corrected chi connectivity index (χ3v) is 1.67. The van der Waals surface area contributed by atoms with Crippen molar-refractivity contribution in [2.75, 3.05) is 28.2 Å². The van der Waals surface area contributed by atoms with Gasteiger partial charge in [0.25, 0.3) is 0 Å². The Morgan fingerprint density at radius 1 is 1.12 bits per heavy atom. The first-order valence-corrected chi connectivity index (χ1v) is 5.28. The van der Waals surface area contributed by atoms with Crippen LogP contribution in [0.5, 0.6) is 0 Å². The molecule has 0 aliphatic carbocycles. The van der Waals surface area contributed by atoms with Crippen molar-refractivity contribution >= 4 is 5.97 Å². The highest BCUT2D eigenvalue weighted by Crippen LogP contribution is 2.13. The summed E-state index contributed by atoms with van der Waals surface area (Å²) in [5, 5.41) is 8.64. The minimum Gasteiger partial charge on any atom is -0.481 e. The third kappa shape index (κ3) is 8.00. The van der Waals surface area contributed by atoms with Crippen molar-refractivity contribution in [3.63, 3.8) is 0 Å². The van der Waals surface area contributed by atoms with Gasteiger partial charge in [-0.25, -0.2) is 0 Å². The third-order valence-electron chi connectivity index (χ3n) is 1.67. The van der Waals surface area contributed by atoms with Gasteiger partial charge in [-0.05, 0) is 12.5 Å². The summed E-state index contributed by atoms with van der Waals surface area (Å²) in [6.45, 7) is 1.68. The van der Waals surface area contributed by atoms with Gasteiger partial charge in [-0.1, -0.05) is 30.3 Å². The molecule has 0 radical (unpaired) electrons. The zero-order chi connectivity index (χ0) is 12.8. The fourth-order valence-corrected chi connectivity index (χ4v) is 0.884. The molecule has 90 valence electrons. The Kier molecular flexibility index (Phi) is 5.75. The first-order valence-electron chi connectivity index (χ1n) is 5.28. The van der Waals surface area contributed by atoms with E-state index in [0.29, 0.717) is 0 Å². The second kappa shape index (κ2) is 6.28. The maximum absolute atomic E-state index is 10.5. The average Bonchev–Trinajstić information content (AvgIpc) is 2.15. The van der Waals surface area contributed by atoms with E-state index >= 15 is 0 Å². The number of rotatable bonds is 2. The van der Waals surface area contributed by atoms with E-state index in [1.807, 2.05) is 30.3 Å². The number of nitrogens with zero attached hydrogens (tertiary/aromatic N) is 1.